The van der Waals surface area contributed by atoms with Crippen LogP contribution in [-0.2, 0) is 17.5 Å². The summed E-state index contributed by atoms with van der Waals surface area (Å²) in [6.45, 7) is 2.45. The summed E-state index contributed by atoms with van der Waals surface area (Å²) in [7, 11) is 1.55. The second-order valence-electron chi connectivity index (χ2n) is 8.81. The largest absolute Gasteiger partial charge is 0.431 e. The summed E-state index contributed by atoms with van der Waals surface area (Å²) >= 11 is 5.90. The lowest BCUT2D eigenvalue weighted by Gasteiger charge is -2.23. The highest BCUT2D eigenvalue weighted by atomic mass is 35.5. The van der Waals surface area contributed by atoms with Crippen molar-refractivity contribution in [3.63, 3.8) is 0 Å². The number of alkyl halides is 3. The number of rotatable bonds is 6. The molecule has 9 heteroatoms. The second-order valence-corrected chi connectivity index (χ2v) is 9.24. The van der Waals surface area contributed by atoms with Crippen molar-refractivity contribution >= 4 is 17.5 Å². The molecule has 1 aliphatic rings. The summed E-state index contributed by atoms with van der Waals surface area (Å²) in [6, 6.07) is 12.3. The van der Waals surface area contributed by atoms with E-state index in [-0.39, 0.29) is 39.9 Å². The van der Waals surface area contributed by atoms with Gasteiger partial charge in [0.1, 0.15) is 17.2 Å². The van der Waals surface area contributed by atoms with Crippen LogP contribution in [0.2, 0.25) is 5.02 Å². The van der Waals surface area contributed by atoms with E-state index in [9.17, 15) is 18.0 Å². The molecule has 1 fully saturated rings. The molecule has 1 atom stereocenters. The van der Waals surface area contributed by atoms with Crippen LogP contribution in [0.3, 0.4) is 0 Å². The highest BCUT2D eigenvalue weighted by Gasteiger charge is 2.42. The van der Waals surface area contributed by atoms with Gasteiger partial charge in [0.05, 0.1) is 6.61 Å². The SMILES string of the molecule is Cc1c(-c2ccc(Cl)cc2F)c(C(=O)N(C)CC2CCOC2)n(Cc2ccccc2)c1C(F)(F)F. The van der Waals surface area contributed by atoms with E-state index < -0.39 is 23.6 Å². The smallest absolute Gasteiger partial charge is 0.381 e. The third kappa shape index (κ3) is 5.23. The van der Waals surface area contributed by atoms with E-state index in [2.05, 4.69) is 0 Å². The fourth-order valence-corrected chi connectivity index (χ4v) is 4.82. The van der Waals surface area contributed by atoms with Crippen LogP contribution < -0.4 is 0 Å². The van der Waals surface area contributed by atoms with E-state index in [4.69, 9.17) is 16.3 Å². The molecule has 0 aliphatic carbocycles. The number of hydrogen-bond acceptors (Lipinski definition) is 2. The lowest BCUT2D eigenvalue weighted by molar-refractivity contribution is -0.143. The first kappa shape index (κ1) is 25.3. The van der Waals surface area contributed by atoms with Crippen LogP contribution in [0.1, 0.15) is 33.7 Å². The van der Waals surface area contributed by atoms with Crippen molar-refractivity contribution in [1.29, 1.82) is 0 Å². The van der Waals surface area contributed by atoms with Gasteiger partial charge in [0.25, 0.3) is 5.91 Å². The van der Waals surface area contributed by atoms with Crippen LogP contribution in [-0.4, -0.2) is 42.2 Å². The van der Waals surface area contributed by atoms with Crippen LogP contribution in [0, 0.1) is 18.7 Å². The molecule has 0 radical (unpaired) electrons. The third-order valence-electron chi connectivity index (χ3n) is 6.26. The first-order valence-corrected chi connectivity index (χ1v) is 11.6. The van der Waals surface area contributed by atoms with Crippen molar-refractivity contribution in [1.82, 2.24) is 9.47 Å². The predicted molar refractivity (Wildman–Crippen MR) is 126 cm³/mol. The van der Waals surface area contributed by atoms with Crippen molar-refractivity contribution in [3.8, 4) is 11.1 Å². The maximum atomic E-state index is 15.0. The number of halogens is 5. The maximum Gasteiger partial charge on any atom is 0.431 e. The highest BCUT2D eigenvalue weighted by molar-refractivity contribution is 6.30. The van der Waals surface area contributed by atoms with Gasteiger partial charge >= 0.3 is 6.18 Å². The molecule has 0 N–H and O–H groups in total. The molecule has 2 heterocycles. The van der Waals surface area contributed by atoms with E-state index in [0.717, 1.165) is 17.1 Å². The minimum absolute atomic E-state index is 0.0815. The summed E-state index contributed by atoms with van der Waals surface area (Å²) in [5, 5.41) is 0.106. The van der Waals surface area contributed by atoms with Gasteiger partial charge in [-0.05, 0) is 42.7 Å². The molecule has 1 saturated heterocycles. The molecule has 0 bridgehead atoms. The Labute approximate surface area is 206 Å². The molecule has 3 aromatic rings. The van der Waals surface area contributed by atoms with Crippen molar-refractivity contribution < 1.29 is 27.1 Å². The van der Waals surface area contributed by atoms with E-state index in [1.807, 2.05) is 0 Å². The van der Waals surface area contributed by atoms with Crippen molar-refractivity contribution in [2.75, 3.05) is 26.8 Å². The molecule has 4 nitrogen and oxygen atoms in total. The molecule has 1 amide bonds. The van der Waals surface area contributed by atoms with Gasteiger partial charge in [0, 0.05) is 48.8 Å². The summed E-state index contributed by atoms with van der Waals surface area (Å²) < 4.78 is 64.6. The van der Waals surface area contributed by atoms with E-state index in [1.54, 1.807) is 37.4 Å². The van der Waals surface area contributed by atoms with E-state index >= 15 is 4.39 Å². The Morgan fingerprint density at radius 1 is 1.20 bits per heavy atom. The molecule has 1 unspecified atom stereocenters. The Morgan fingerprint density at radius 3 is 2.51 bits per heavy atom. The number of ether oxygens (including phenoxy) is 1. The van der Waals surface area contributed by atoms with Crippen LogP contribution >= 0.6 is 11.6 Å². The van der Waals surface area contributed by atoms with Crippen molar-refractivity contribution in [3.05, 3.63) is 81.9 Å². The zero-order chi connectivity index (χ0) is 25.3. The van der Waals surface area contributed by atoms with Crippen molar-refractivity contribution in [2.24, 2.45) is 5.92 Å². The normalized spacial score (nSPS) is 16.0. The maximum absolute atomic E-state index is 15.0. The second kappa shape index (κ2) is 10.0. The van der Waals surface area contributed by atoms with Gasteiger partial charge in [0.2, 0.25) is 0 Å². The Balaban J connectivity index is 1.94. The molecule has 0 saturated carbocycles. The number of nitrogens with zero attached hydrogens (tertiary/aromatic N) is 2. The lowest BCUT2D eigenvalue weighted by atomic mass is 9.99. The summed E-state index contributed by atoms with van der Waals surface area (Å²) in [6.07, 6.45) is -4.01. The van der Waals surface area contributed by atoms with E-state index in [0.29, 0.717) is 25.3 Å². The Bertz CT molecular complexity index is 1220. The molecule has 186 valence electrons. The number of hydrogen-bond donors (Lipinski definition) is 0. The van der Waals surface area contributed by atoms with Gasteiger partial charge in [-0.15, -0.1) is 0 Å². The molecule has 1 aromatic heterocycles. The average molecular weight is 509 g/mol. The van der Waals surface area contributed by atoms with Crippen LogP contribution in [0.25, 0.3) is 11.1 Å². The fraction of sp³-hybridized carbons (Fsp3) is 0.346. The number of carbonyl (C=O) groups excluding carboxylic acids is 1. The third-order valence-corrected chi connectivity index (χ3v) is 6.50. The lowest BCUT2D eigenvalue weighted by Crippen LogP contribution is -2.34. The zero-order valence-electron chi connectivity index (χ0n) is 19.3. The first-order valence-electron chi connectivity index (χ1n) is 11.2. The summed E-state index contributed by atoms with van der Waals surface area (Å²) in [5.41, 5.74) is -1.01. The highest BCUT2D eigenvalue weighted by Crippen LogP contribution is 2.42. The number of carbonyl (C=O) groups is 1. The quantitative estimate of drug-likeness (QED) is 0.359. The summed E-state index contributed by atoms with van der Waals surface area (Å²) in [4.78, 5) is 15.2. The molecular formula is C26H25ClF4N2O2. The molecule has 2 aromatic carbocycles. The summed E-state index contributed by atoms with van der Waals surface area (Å²) in [5.74, 6) is -1.33. The fourth-order valence-electron chi connectivity index (χ4n) is 4.66. The van der Waals surface area contributed by atoms with Gasteiger partial charge in [0.15, 0.2) is 0 Å². The number of amides is 1. The zero-order valence-corrected chi connectivity index (χ0v) is 20.1. The van der Waals surface area contributed by atoms with Gasteiger partial charge in [-0.3, -0.25) is 4.79 Å². The minimum Gasteiger partial charge on any atom is -0.381 e. The Kier molecular flexibility index (Phi) is 7.24. The first-order chi connectivity index (χ1) is 16.6. The molecule has 4 rings (SSSR count). The minimum atomic E-state index is -4.77. The van der Waals surface area contributed by atoms with Crippen molar-refractivity contribution in [2.45, 2.75) is 26.1 Å². The van der Waals surface area contributed by atoms with Gasteiger partial charge in [-0.1, -0.05) is 41.9 Å². The predicted octanol–water partition coefficient (Wildman–Crippen LogP) is 6.43. The topological polar surface area (TPSA) is 34.5 Å². The van der Waals surface area contributed by atoms with Crippen LogP contribution in [0.5, 0.6) is 0 Å². The van der Waals surface area contributed by atoms with Crippen LogP contribution in [0.15, 0.2) is 48.5 Å². The monoisotopic (exact) mass is 508 g/mol. The van der Waals surface area contributed by atoms with Crippen LogP contribution in [0.4, 0.5) is 17.6 Å². The molecule has 35 heavy (non-hydrogen) atoms. The molecule has 1 aliphatic heterocycles. The molecular weight excluding hydrogens is 484 g/mol. The average Bonchev–Trinajstić information content (AvgIpc) is 3.39. The molecule has 0 spiro atoms. The number of aromatic nitrogens is 1. The van der Waals surface area contributed by atoms with E-state index in [1.165, 1.54) is 24.0 Å². The van der Waals surface area contributed by atoms with Gasteiger partial charge in [-0.25, -0.2) is 4.39 Å². The Morgan fingerprint density at radius 2 is 1.91 bits per heavy atom. The van der Waals surface area contributed by atoms with Gasteiger partial charge in [-0.2, -0.15) is 13.2 Å². The van der Waals surface area contributed by atoms with Gasteiger partial charge < -0.3 is 14.2 Å². The Hall–Kier alpha value is -2.84. The standard InChI is InChI=1S/C26H25ClF4N2O2/c1-16-22(20-9-8-19(27)12-21(20)28)23(25(34)32(2)13-18-10-11-35-15-18)33(24(16)26(29,30)31)14-17-6-4-3-5-7-17/h3-9,12,18H,10-11,13-15H2,1-2H3. The number of benzene rings is 2.